The van der Waals surface area contributed by atoms with Crippen molar-refractivity contribution in [3.63, 3.8) is 0 Å². The Balaban J connectivity index is 2.02. The predicted molar refractivity (Wildman–Crippen MR) is 69.8 cm³/mol. The maximum absolute atomic E-state index is 11.8. The summed E-state index contributed by atoms with van der Waals surface area (Å²) in [5.41, 5.74) is 1.15. The highest BCUT2D eigenvalue weighted by Crippen LogP contribution is 1.98. The average molecular weight is 261 g/mol. The fourth-order valence-corrected chi connectivity index (χ4v) is 1.70. The molecule has 2 aromatic heterocycles. The zero-order valence-corrected chi connectivity index (χ0v) is 10.6. The molecule has 0 fully saturated rings. The number of esters is 1. The molecule has 0 saturated carbocycles. The summed E-state index contributed by atoms with van der Waals surface area (Å²) >= 11 is 0. The number of hydrogen-bond acceptors (Lipinski definition) is 5. The van der Waals surface area contributed by atoms with Crippen LogP contribution >= 0.6 is 0 Å². The Labute approximate surface area is 110 Å². The van der Waals surface area contributed by atoms with Crippen LogP contribution in [0.25, 0.3) is 5.65 Å². The fraction of sp³-hybridized carbons (Fsp3) is 0.308. The SMILES string of the molecule is COC(=O)CCNCc1cc(=O)n2ccccc2n1. The number of hydrogen-bond donors (Lipinski definition) is 1. The molecule has 0 aliphatic carbocycles. The lowest BCUT2D eigenvalue weighted by Crippen LogP contribution is -2.22. The molecule has 2 aromatic rings. The van der Waals surface area contributed by atoms with Gasteiger partial charge in [-0.25, -0.2) is 4.98 Å². The number of carbonyl (C=O) groups is 1. The molecule has 19 heavy (non-hydrogen) atoms. The molecule has 0 radical (unpaired) electrons. The van der Waals surface area contributed by atoms with Gasteiger partial charge in [0.1, 0.15) is 5.65 Å². The minimum Gasteiger partial charge on any atom is -0.469 e. The van der Waals surface area contributed by atoms with Crippen molar-refractivity contribution in [2.45, 2.75) is 13.0 Å². The molecule has 2 heterocycles. The standard InChI is InChI=1S/C13H15N3O3/c1-19-13(18)5-6-14-9-10-8-12(17)16-7-3-2-4-11(16)15-10/h2-4,7-8,14H,5-6,9H2,1H3. The van der Waals surface area contributed by atoms with Gasteiger partial charge in [0, 0.05) is 25.4 Å². The first-order valence-corrected chi connectivity index (χ1v) is 5.95. The highest BCUT2D eigenvalue weighted by atomic mass is 16.5. The van der Waals surface area contributed by atoms with Crippen molar-refractivity contribution in [1.82, 2.24) is 14.7 Å². The lowest BCUT2D eigenvalue weighted by Gasteiger charge is -2.05. The summed E-state index contributed by atoms with van der Waals surface area (Å²) < 4.78 is 6.02. The van der Waals surface area contributed by atoms with E-state index in [2.05, 4.69) is 15.0 Å². The van der Waals surface area contributed by atoms with Gasteiger partial charge in [-0.05, 0) is 12.1 Å². The Kier molecular flexibility index (Phi) is 4.25. The van der Waals surface area contributed by atoms with Crippen molar-refractivity contribution in [3.05, 3.63) is 46.5 Å². The van der Waals surface area contributed by atoms with E-state index in [0.29, 0.717) is 30.9 Å². The number of aromatic nitrogens is 2. The van der Waals surface area contributed by atoms with Gasteiger partial charge in [0.15, 0.2) is 0 Å². The predicted octanol–water partition coefficient (Wildman–Crippen LogP) is 0.347. The third-order valence-electron chi connectivity index (χ3n) is 2.66. The molecule has 0 spiro atoms. The van der Waals surface area contributed by atoms with Crippen LogP contribution in [0.2, 0.25) is 0 Å². The first-order valence-electron chi connectivity index (χ1n) is 5.95. The van der Waals surface area contributed by atoms with Crippen LogP contribution in [0, 0.1) is 0 Å². The number of pyridine rings is 1. The average Bonchev–Trinajstić information content (AvgIpc) is 2.43. The lowest BCUT2D eigenvalue weighted by molar-refractivity contribution is -0.140. The molecular formula is C13H15N3O3. The summed E-state index contributed by atoms with van der Waals surface area (Å²) in [6, 6.07) is 6.87. The van der Waals surface area contributed by atoms with Gasteiger partial charge >= 0.3 is 5.97 Å². The van der Waals surface area contributed by atoms with Crippen molar-refractivity contribution in [2.24, 2.45) is 0 Å². The maximum atomic E-state index is 11.8. The molecule has 0 amide bonds. The van der Waals surface area contributed by atoms with Gasteiger partial charge in [0.25, 0.3) is 5.56 Å². The molecule has 0 bridgehead atoms. The van der Waals surface area contributed by atoms with Crippen LogP contribution in [-0.2, 0) is 16.1 Å². The van der Waals surface area contributed by atoms with Crippen LogP contribution in [0.15, 0.2) is 35.3 Å². The van der Waals surface area contributed by atoms with E-state index in [4.69, 9.17) is 0 Å². The van der Waals surface area contributed by atoms with Gasteiger partial charge in [-0.1, -0.05) is 6.07 Å². The van der Waals surface area contributed by atoms with Gasteiger partial charge < -0.3 is 10.1 Å². The van der Waals surface area contributed by atoms with E-state index >= 15 is 0 Å². The first kappa shape index (κ1) is 13.2. The number of rotatable bonds is 5. The van der Waals surface area contributed by atoms with E-state index < -0.39 is 0 Å². The third-order valence-corrected chi connectivity index (χ3v) is 2.66. The smallest absolute Gasteiger partial charge is 0.306 e. The largest absolute Gasteiger partial charge is 0.469 e. The molecule has 0 aliphatic rings. The monoisotopic (exact) mass is 261 g/mol. The van der Waals surface area contributed by atoms with E-state index in [9.17, 15) is 9.59 Å². The number of nitrogens with one attached hydrogen (secondary N) is 1. The molecule has 0 aromatic carbocycles. The van der Waals surface area contributed by atoms with Crippen LogP contribution in [0.1, 0.15) is 12.1 Å². The Morgan fingerprint density at radius 3 is 3.11 bits per heavy atom. The number of fused-ring (bicyclic) bond motifs is 1. The van der Waals surface area contributed by atoms with Gasteiger partial charge in [0.05, 0.1) is 19.2 Å². The minimum atomic E-state index is -0.265. The molecule has 0 saturated heterocycles. The molecule has 100 valence electrons. The van der Waals surface area contributed by atoms with Crippen molar-refractivity contribution >= 4 is 11.6 Å². The molecule has 6 nitrogen and oxygen atoms in total. The van der Waals surface area contributed by atoms with Crippen molar-refractivity contribution in [3.8, 4) is 0 Å². The Bertz CT molecular complexity index is 636. The quantitative estimate of drug-likeness (QED) is 0.621. The number of nitrogens with zero attached hydrogens (tertiary/aromatic N) is 2. The van der Waals surface area contributed by atoms with Crippen molar-refractivity contribution in [1.29, 1.82) is 0 Å². The summed E-state index contributed by atoms with van der Waals surface area (Å²) in [5, 5.41) is 3.05. The van der Waals surface area contributed by atoms with Crippen LogP contribution in [0.5, 0.6) is 0 Å². The molecule has 6 heteroatoms. The van der Waals surface area contributed by atoms with E-state index in [1.165, 1.54) is 17.6 Å². The molecule has 0 atom stereocenters. The second kappa shape index (κ2) is 6.10. The fourth-order valence-electron chi connectivity index (χ4n) is 1.70. The highest BCUT2D eigenvalue weighted by molar-refractivity contribution is 5.69. The summed E-state index contributed by atoms with van der Waals surface area (Å²) in [6.45, 7) is 0.931. The second-order valence-electron chi connectivity index (χ2n) is 4.02. The zero-order chi connectivity index (χ0) is 13.7. The summed E-state index contributed by atoms with van der Waals surface area (Å²) in [5.74, 6) is -0.265. The van der Waals surface area contributed by atoms with Crippen molar-refractivity contribution < 1.29 is 9.53 Å². The zero-order valence-electron chi connectivity index (χ0n) is 10.6. The number of methoxy groups -OCH3 is 1. The van der Waals surface area contributed by atoms with Crippen LogP contribution in [-0.4, -0.2) is 29.0 Å². The first-order chi connectivity index (χ1) is 9.20. The van der Waals surface area contributed by atoms with Gasteiger partial charge in [-0.3, -0.25) is 14.0 Å². The normalized spacial score (nSPS) is 10.6. The van der Waals surface area contributed by atoms with E-state index in [0.717, 1.165) is 0 Å². The molecule has 2 rings (SSSR count). The van der Waals surface area contributed by atoms with Crippen LogP contribution in [0.3, 0.4) is 0 Å². The second-order valence-corrected chi connectivity index (χ2v) is 4.02. The summed E-state index contributed by atoms with van der Waals surface area (Å²) in [4.78, 5) is 27.1. The van der Waals surface area contributed by atoms with Crippen LogP contribution in [0.4, 0.5) is 0 Å². The maximum Gasteiger partial charge on any atom is 0.306 e. The highest BCUT2D eigenvalue weighted by Gasteiger charge is 2.02. The Morgan fingerprint density at radius 2 is 2.32 bits per heavy atom. The van der Waals surface area contributed by atoms with E-state index in [1.54, 1.807) is 18.3 Å². The van der Waals surface area contributed by atoms with Crippen LogP contribution < -0.4 is 10.9 Å². The van der Waals surface area contributed by atoms with Gasteiger partial charge in [-0.2, -0.15) is 0 Å². The van der Waals surface area contributed by atoms with E-state index in [-0.39, 0.29) is 11.5 Å². The van der Waals surface area contributed by atoms with E-state index in [1.807, 2.05) is 6.07 Å². The number of ether oxygens (including phenoxy) is 1. The molecule has 1 N–H and O–H groups in total. The molecule has 0 unspecified atom stereocenters. The summed E-state index contributed by atoms with van der Waals surface area (Å²) in [6.07, 6.45) is 1.97. The molecular weight excluding hydrogens is 246 g/mol. The molecule has 0 aliphatic heterocycles. The van der Waals surface area contributed by atoms with Crippen molar-refractivity contribution in [2.75, 3.05) is 13.7 Å². The van der Waals surface area contributed by atoms with Gasteiger partial charge in [-0.15, -0.1) is 0 Å². The number of carbonyl (C=O) groups excluding carboxylic acids is 1. The topological polar surface area (TPSA) is 72.7 Å². The lowest BCUT2D eigenvalue weighted by atomic mass is 10.3. The Hall–Kier alpha value is -2.21. The minimum absolute atomic E-state index is 0.115. The van der Waals surface area contributed by atoms with Gasteiger partial charge in [0.2, 0.25) is 0 Å². The summed E-state index contributed by atoms with van der Waals surface area (Å²) in [7, 11) is 1.36. The third kappa shape index (κ3) is 3.38. The Morgan fingerprint density at radius 1 is 1.47 bits per heavy atom.